The molecule has 0 aromatic carbocycles. The molecule has 3 aliphatic carbocycles. The average Bonchev–Trinajstić information content (AvgIpc) is 2.96. The highest BCUT2D eigenvalue weighted by Gasteiger charge is 2.57. The van der Waals surface area contributed by atoms with E-state index >= 15 is 0 Å². The van der Waals surface area contributed by atoms with E-state index in [4.69, 9.17) is 4.74 Å². The van der Waals surface area contributed by atoms with Gasteiger partial charge in [-0.15, -0.1) is 0 Å². The molecule has 1 heterocycles. The van der Waals surface area contributed by atoms with Gasteiger partial charge in [0.25, 0.3) is 0 Å². The lowest BCUT2D eigenvalue weighted by atomic mass is 9.45. The van der Waals surface area contributed by atoms with E-state index in [1.807, 2.05) is 20.8 Å². The third-order valence-electron chi connectivity index (χ3n) is 6.98. The quantitative estimate of drug-likeness (QED) is 0.724. The number of amides is 1. The van der Waals surface area contributed by atoms with Crippen molar-refractivity contribution >= 4 is 11.9 Å². The maximum Gasteiger partial charge on any atom is 0.329 e. The molecule has 1 saturated heterocycles. The predicted octanol–water partition coefficient (Wildman–Crippen LogP) is 3.64. The zero-order chi connectivity index (χ0) is 17.9. The van der Waals surface area contributed by atoms with Crippen LogP contribution < -0.4 is 0 Å². The first-order valence-corrected chi connectivity index (χ1v) is 9.55. The lowest BCUT2D eigenvalue weighted by Gasteiger charge is -2.61. The van der Waals surface area contributed by atoms with Gasteiger partial charge in [-0.2, -0.15) is 0 Å². The van der Waals surface area contributed by atoms with Crippen molar-refractivity contribution in [1.82, 2.24) is 4.90 Å². The first-order valence-electron chi connectivity index (χ1n) is 9.55. The molecule has 3 saturated carbocycles. The van der Waals surface area contributed by atoms with Gasteiger partial charge in [0.1, 0.15) is 12.1 Å². The van der Waals surface area contributed by atoms with Gasteiger partial charge in [0.15, 0.2) is 0 Å². The molecule has 4 nitrogen and oxygen atoms in total. The number of hydrogen-bond donors (Lipinski definition) is 0. The molecule has 0 aromatic rings. The summed E-state index contributed by atoms with van der Waals surface area (Å²) in [6.07, 6.45) is 3.91. The first kappa shape index (κ1) is 17.8. The largest absolute Gasteiger partial charge is 0.461 e. The maximum atomic E-state index is 12.8. The molecule has 4 rings (SSSR count). The Bertz CT molecular complexity index is 533. The molecule has 1 aliphatic heterocycles. The molecule has 0 unspecified atom stereocenters. The van der Waals surface area contributed by atoms with Gasteiger partial charge in [-0.1, -0.05) is 41.5 Å². The Morgan fingerprint density at radius 3 is 2.38 bits per heavy atom. The van der Waals surface area contributed by atoms with E-state index in [9.17, 15) is 9.59 Å². The third kappa shape index (κ3) is 2.76. The number of carbonyl (C=O) groups is 2. The van der Waals surface area contributed by atoms with E-state index in [0.717, 1.165) is 19.3 Å². The fourth-order valence-electron chi connectivity index (χ4n) is 5.17. The fraction of sp³-hybridized carbons (Fsp3) is 0.900. The SMILES string of the molecule is C[C@H]1[C@H]2C[C@H](C[C@H]1OC(=O)[C@H]1CCCN1C(=O)C(C)(C)C)C2(C)C. The molecule has 4 fully saturated rings. The number of nitrogens with zero attached hydrogens (tertiary/aromatic N) is 1. The third-order valence-corrected chi connectivity index (χ3v) is 6.98. The lowest BCUT2D eigenvalue weighted by Crippen LogP contribution is -2.58. The Hall–Kier alpha value is -1.06. The zero-order valence-corrected chi connectivity index (χ0v) is 16.1. The molecule has 5 atom stereocenters. The zero-order valence-electron chi connectivity index (χ0n) is 16.1. The minimum atomic E-state index is -0.452. The number of esters is 1. The average molecular weight is 335 g/mol. The van der Waals surface area contributed by atoms with E-state index in [0.29, 0.717) is 29.7 Å². The summed E-state index contributed by atoms with van der Waals surface area (Å²) in [5.74, 6) is 1.63. The van der Waals surface area contributed by atoms with Crippen LogP contribution in [0, 0.1) is 28.6 Å². The molecule has 0 radical (unpaired) electrons. The molecule has 24 heavy (non-hydrogen) atoms. The van der Waals surface area contributed by atoms with Crippen molar-refractivity contribution in [2.75, 3.05) is 6.54 Å². The van der Waals surface area contributed by atoms with Crippen molar-refractivity contribution in [3.63, 3.8) is 0 Å². The minimum Gasteiger partial charge on any atom is -0.461 e. The minimum absolute atomic E-state index is 0.0291. The normalized spacial score (nSPS) is 37.8. The van der Waals surface area contributed by atoms with Crippen LogP contribution in [0.4, 0.5) is 0 Å². The second kappa shape index (κ2) is 5.74. The fourth-order valence-corrected chi connectivity index (χ4v) is 5.17. The number of fused-ring (bicyclic) bond motifs is 2. The van der Waals surface area contributed by atoms with Crippen molar-refractivity contribution in [3.05, 3.63) is 0 Å². The van der Waals surface area contributed by atoms with Crippen molar-refractivity contribution < 1.29 is 14.3 Å². The monoisotopic (exact) mass is 335 g/mol. The highest BCUT2D eigenvalue weighted by molar-refractivity contribution is 5.88. The van der Waals surface area contributed by atoms with Gasteiger partial charge in [-0.3, -0.25) is 4.79 Å². The summed E-state index contributed by atoms with van der Waals surface area (Å²) in [5.41, 5.74) is -0.0590. The Labute approximate surface area is 146 Å². The summed E-state index contributed by atoms with van der Waals surface area (Å²) < 4.78 is 5.94. The second-order valence-electron chi connectivity index (χ2n) is 9.84. The van der Waals surface area contributed by atoms with Gasteiger partial charge in [0, 0.05) is 12.0 Å². The molecular formula is C20H33NO3. The van der Waals surface area contributed by atoms with E-state index in [2.05, 4.69) is 20.8 Å². The first-order chi connectivity index (χ1) is 11.0. The Morgan fingerprint density at radius 2 is 1.83 bits per heavy atom. The van der Waals surface area contributed by atoms with Crippen molar-refractivity contribution in [3.8, 4) is 0 Å². The van der Waals surface area contributed by atoms with Crippen LogP contribution in [0.25, 0.3) is 0 Å². The van der Waals surface area contributed by atoms with Crippen molar-refractivity contribution in [2.45, 2.75) is 79.4 Å². The molecule has 1 amide bonds. The standard InChI is InChI=1S/C20H33NO3/c1-12-14-10-13(20(14,5)6)11-16(12)24-17(22)15-8-7-9-21(15)18(23)19(2,3)4/h12-16H,7-11H2,1-6H3/t12-,13+,14+,15+,16+/m0/s1. The Balaban J connectivity index is 1.64. The van der Waals surface area contributed by atoms with Crippen molar-refractivity contribution in [1.29, 1.82) is 0 Å². The predicted molar refractivity (Wildman–Crippen MR) is 93.2 cm³/mol. The molecule has 4 aliphatic rings. The summed E-state index contributed by atoms with van der Waals surface area (Å²) in [7, 11) is 0. The van der Waals surface area contributed by atoms with Crippen molar-refractivity contribution in [2.24, 2.45) is 28.6 Å². The lowest BCUT2D eigenvalue weighted by molar-refractivity contribution is -0.190. The Morgan fingerprint density at radius 1 is 1.17 bits per heavy atom. The summed E-state index contributed by atoms with van der Waals surface area (Å²) >= 11 is 0. The molecule has 2 bridgehead atoms. The van der Waals surface area contributed by atoms with Crippen LogP contribution in [0.15, 0.2) is 0 Å². The molecule has 136 valence electrons. The number of hydrogen-bond acceptors (Lipinski definition) is 3. The molecule has 0 aromatic heterocycles. The summed E-state index contributed by atoms with van der Waals surface area (Å²) in [4.78, 5) is 27.1. The van der Waals surface area contributed by atoms with Gasteiger partial charge < -0.3 is 9.64 Å². The molecule has 4 heteroatoms. The van der Waals surface area contributed by atoms with E-state index in [1.54, 1.807) is 4.90 Å². The highest BCUT2D eigenvalue weighted by Crippen LogP contribution is 2.61. The van der Waals surface area contributed by atoms with Gasteiger partial charge >= 0.3 is 5.97 Å². The van der Waals surface area contributed by atoms with Gasteiger partial charge in [-0.25, -0.2) is 4.79 Å². The van der Waals surface area contributed by atoms with E-state index < -0.39 is 5.41 Å². The number of rotatable bonds is 2. The second-order valence-corrected chi connectivity index (χ2v) is 9.84. The number of carbonyl (C=O) groups excluding carboxylic acids is 2. The maximum absolute atomic E-state index is 12.8. The molecule has 0 spiro atoms. The van der Waals surface area contributed by atoms with E-state index in [1.165, 1.54) is 6.42 Å². The van der Waals surface area contributed by atoms with Crippen LogP contribution in [0.1, 0.15) is 67.2 Å². The topological polar surface area (TPSA) is 46.6 Å². The highest BCUT2D eigenvalue weighted by atomic mass is 16.5. The van der Waals surface area contributed by atoms with E-state index in [-0.39, 0.29) is 24.0 Å². The van der Waals surface area contributed by atoms with Gasteiger partial charge in [0.2, 0.25) is 5.91 Å². The van der Waals surface area contributed by atoms with Gasteiger partial charge in [-0.05, 0) is 48.9 Å². The van der Waals surface area contributed by atoms with Crippen LogP contribution in [0.5, 0.6) is 0 Å². The smallest absolute Gasteiger partial charge is 0.329 e. The summed E-state index contributed by atoms with van der Waals surface area (Å²) in [6.45, 7) is 13.3. The van der Waals surface area contributed by atoms with Crippen LogP contribution in [-0.2, 0) is 14.3 Å². The van der Waals surface area contributed by atoms with Crippen LogP contribution in [0.3, 0.4) is 0 Å². The van der Waals surface area contributed by atoms with Crippen LogP contribution in [-0.4, -0.2) is 35.5 Å². The van der Waals surface area contributed by atoms with Crippen LogP contribution in [0.2, 0.25) is 0 Å². The van der Waals surface area contributed by atoms with Crippen LogP contribution >= 0.6 is 0 Å². The Kier molecular flexibility index (Phi) is 4.25. The molecule has 0 N–H and O–H groups in total. The van der Waals surface area contributed by atoms with Gasteiger partial charge in [0.05, 0.1) is 0 Å². The summed E-state index contributed by atoms with van der Waals surface area (Å²) in [5, 5.41) is 0. The summed E-state index contributed by atoms with van der Waals surface area (Å²) in [6, 6.07) is -0.379. The molecular weight excluding hydrogens is 302 g/mol. The number of ether oxygens (including phenoxy) is 1. The number of likely N-dealkylation sites (tertiary alicyclic amines) is 1.